The van der Waals surface area contributed by atoms with Gasteiger partial charge in [0.25, 0.3) is 0 Å². The Balaban J connectivity index is 1.95. The van der Waals surface area contributed by atoms with Gasteiger partial charge in [-0.05, 0) is 25.1 Å². The lowest BCUT2D eigenvalue weighted by molar-refractivity contribution is 0.0698. The van der Waals surface area contributed by atoms with Crippen molar-refractivity contribution < 1.29 is 9.90 Å². The van der Waals surface area contributed by atoms with Crippen molar-refractivity contribution in [1.82, 2.24) is 9.97 Å². The first kappa shape index (κ1) is 16.7. The minimum Gasteiger partial charge on any atom is -0.478 e. The van der Waals surface area contributed by atoms with E-state index >= 15 is 0 Å². The van der Waals surface area contributed by atoms with Crippen LogP contribution in [0.3, 0.4) is 0 Å². The fraction of sp³-hybridized carbons (Fsp3) is 0.0556. The monoisotopic (exact) mass is 354 g/mol. The normalized spacial score (nSPS) is 10.5. The lowest BCUT2D eigenvalue weighted by Gasteiger charge is -2.11. The quantitative estimate of drug-likeness (QED) is 0.651. The molecule has 0 atom stereocenters. The van der Waals surface area contributed by atoms with E-state index in [-0.39, 0.29) is 17.3 Å². The topological polar surface area (TPSA) is 101 Å². The van der Waals surface area contributed by atoms with E-state index in [0.29, 0.717) is 16.3 Å². The van der Waals surface area contributed by atoms with Crippen molar-refractivity contribution in [1.29, 1.82) is 0 Å². The van der Waals surface area contributed by atoms with Crippen LogP contribution in [0.15, 0.2) is 48.7 Å². The molecule has 0 aliphatic rings. The number of nitrogens with two attached hydrogens (primary N) is 1. The predicted molar refractivity (Wildman–Crippen MR) is 98.3 cm³/mol. The molecule has 0 bridgehead atoms. The van der Waals surface area contributed by atoms with Crippen molar-refractivity contribution in [2.24, 2.45) is 0 Å². The van der Waals surface area contributed by atoms with Crippen molar-refractivity contribution in [3.63, 3.8) is 0 Å². The van der Waals surface area contributed by atoms with Crippen LogP contribution in [-0.4, -0.2) is 21.0 Å². The number of carboxylic acid groups (broad SMARTS) is 1. The van der Waals surface area contributed by atoms with Crippen molar-refractivity contribution in [2.45, 2.75) is 6.92 Å². The van der Waals surface area contributed by atoms with Gasteiger partial charge in [0.2, 0.25) is 5.95 Å². The summed E-state index contributed by atoms with van der Waals surface area (Å²) in [6.07, 6.45) is 1.56. The number of aromatic carboxylic acids is 1. The largest absolute Gasteiger partial charge is 0.478 e. The number of nitrogens with one attached hydrogen (secondary N) is 1. The number of anilines is 3. The van der Waals surface area contributed by atoms with E-state index in [9.17, 15) is 9.90 Å². The highest BCUT2D eigenvalue weighted by atomic mass is 35.5. The van der Waals surface area contributed by atoms with E-state index in [1.807, 2.05) is 25.1 Å². The number of carbonyl (C=O) groups is 1. The van der Waals surface area contributed by atoms with E-state index in [1.165, 1.54) is 0 Å². The lowest BCUT2D eigenvalue weighted by atomic mass is 10.1. The van der Waals surface area contributed by atoms with Gasteiger partial charge in [0.05, 0.1) is 11.3 Å². The highest BCUT2D eigenvalue weighted by Crippen LogP contribution is 2.31. The van der Waals surface area contributed by atoms with Crippen LogP contribution in [0.4, 0.5) is 17.5 Å². The number of nitrogens with zero attached hydrogens (tertiary/aromatic N) is 2. The average Bonchev–Trinajstić information content (AvgIpc) is 2.57. The molecule has 0 fully saturated rings. The van der Waals surface area contributed by atoms with E-state index in [2.05, 4.69) is 15.3 Å². The summed E-state index contributed by atoms with van der Waals surface area (Å²) in [4.78, 5) is 19.8. The molecule has 0 saturated carbocycles. The summed E-state index contributed by atoms with van der Waals surface area (Å²) in [5.41, 5.74) is 8.75. The summed E-state index contributed by atoms with van der Waals surface area (Å²) >= 11 is 6.18. The molecular formula is C18H15ClN4O2. The summed E-state index contributed by atoms with van der Waals surface area (Å²) in [7, 11) is 0. The second-order valence-corrected chi connectivity index (χ2v) is 5.86. The molecule has 3 aromatic rings. The molecule has 6 nitrogen and oxygen atoms in total. The van der Waals surface area contributed by atoms with Crippen molar-refractivity contribution in [3.05, 3.63) is 64.8 Å². The molecular weight excluding hydrogens is 340 g/mol. The Bertz CT molecular complexity index is 960. The van der Waals surface area contributed by atoms with Crippen molar-refractivity contribution in [2.75, 3.05) is 11.1 Å². The van der Waals surface area contributed by atoms with Gasteiger partial charge in [0.1, 0.15) is 5.82 Å². The maximum Gasteiger partial charge on any atom is 0.337 e. The zero-order chi connectivity index (χ0) is 18.0. The second-order valence-electron chi connectivity index (χ2n) is 5.45. The first-order valence-electron chi connectivity index (χ1n) is 7.44. The van der Waals surface area contributed by atoms with Crippen LogP contribution in [-0.2, 0) is 0 Å². The van der Waals surface area contributed by atoms with Crippen LogP contribution < -0.4 is 11.1 Å². The summed E-state index contributed by atoms with van der Waals surface area (Å²) in [6, 6.07) is 12.3. The zero-order valence-corrected chi connectivity index (χ0v) is 14.1. The van der Waals surface area contributed by atoms with E-state index in [1.54, 1.807) is 30.5 Å². The molecule has 0 saturated heterocycles. The first-order chi connectivity index (χ1) is 12.0. The highest BCUT2D eigenvalue weighted by Gasteiger charge is 2.13. The molecule has 4 N–H and O–H groups in total. The average molecular weight is 355 g/mol. The van der Waals surface area contributed by atoms with Crippen LogP contribution in [0.1, 0.15) is 15.9 Å². The molecule has 25 heavy (non-hydrogen) atoms. The van der Waals surface area contributed by atoms with Gasteiger partial charge in [-0.15, -0.1) is 0 Å². The Hall–Kier alpha value is -3.12. The van der Waals surface area contributed by atoms with Gasteiger partial charge in [-0.2, -0.15) is 4.98 Å². The molecule has 126 valence electrons. The number of carboxylic acids is 1. The number of hydrogen-bond acceptors (Lipinski definition) is 5. The van der Waals surface area contributed by atoms with Gasteiger partial charge >= 0.3 is 5.97 Å². The third-order valence-corrected chi connectivity index (χ3v) is 3.96. The molecule has 1 heterocycles. The molecule has 0 aliphatic heterocycles. The van der Waals surface area contributed by atoms with Gasteiger partial charge in [0, 0.05) is 22.3 Å². The predicted octanol–water partition coefficient (Wildman–Crippen LogP) is 4.13. The van der Waals surface area contributed by atoms with Crippen LogP contribution in [0, 0.1) is 6.92 Å². The van der Waals surface area contributed by atoms with Gasteiger partial charge < -0.3 is 16.2 Å². The molecule has 0 unspecified atom stereocenters. The van der Waals surface area contributed by atoms with Gasteiger partial charge in [-0.3, -0.25) is 0 Å². The lowest BCUT2D eigenvalue weighted by Crippen LogP contribution is -2.06. The van der Waals surface area contributed by atoms with Gasteiger partial charge in [0.15, 0.2) is 0 Å². The number of hydrogen-bond donors (Lipinski definition) is 3. The Morgan fingerprint density at radius 2 is 1.96 bits per heavy atom. The van der Waals surface area contributed by atoms with Crippen LogP contribution in [0.25, 0.3) is 11.1 Å². The molecule has 2 aromatic carbocycles. The number of nitrogen functional groups attached to an aromatic ring is 1. The molecule has 1 aromatic heterocycles. The van der Waals surface area contributed by atoms with E-state index < -0.39 is 5.97 Å². The molecule has 0 spiro atoms. The van der Waals surface area contributed by atoms with Crippen LogP contribution >= 0.6 is 11.6 Å². The molecule has 0 amide bonds. The molecule has 0 radical (unpaired) electrons. The Kier molecular flexibility index (Phi) is 4.54. The number of benzene rings is 2. The van der Waals surface area contributed by atoms with Crippen LogP contribution in [0.2, 0.25) is 5.02 Å². The number of aryl methyl sites for hydroxylation is 1. The highest BCUT2D eigenvalue weighted by molar-refractivity contribution is 6.33. The van der Waals surface area contributed by atoms with Gasteiger partial charge in [-0.1, -0.05) is 41.4 Å². The van der Waals surface area contributed by atoms with E-state index in [0.717, 1.165) is 11.1 Å². The second kappa shape index (κ2) is 6.78. The van der Waals surface area contributed by atoms with Gasteiger partial charge in [-0.25, -0.2) is 9.78 Å². The van der Waals surface area contributed by atoms with Crippen molar-refractivity contribution in [3.8, 4) is 11.1 Å². The molecule has 3 rings (SSSR count). The Labute approximate surface area is 149 Å². The summed E-state index contributed by atoms with van der Waals surface area (Å²) in [6.45, 7) is 1.82. The Morgan fingerprint density at radius 1 is 1.20 bits per heavy atom. The zero-order valence-electron chi connectivity index (χ0n) is 13.3. The first-order valence-corrected chi connectivity index (χ1v) is 7.82. The Morgan fingerprint density at radius 3 is 2.64 bits per heavy atom. The van der Waals surface area contributed by atoms with Crippen LogP contribution in [0.5, 0.6) is 0 Å². The smallest absolute Gasteiger partial charge is 0.337 e. The summed E-state index contributed by atoms with van der Waals surface area (Å²) in [5, 5.41) is 12.8. The SMILES string of the molecule is Cc1ccc(Nc2ncc(-c3ccccc3Cl)c(N)n2)c(C(=O)O)c1. The number of rotatable bonds is 4. The fourth-order valence-electron chi connectivity index (χ4n) is 2.41. The standard InChI is InChI=1S/C18H15ClN4O2/c1-10-6-7-15(12(8-10)17(24)25)22-18-21-9-13(16(20)23-18)11-4-2-3-5-14(11)19/h2-9H,1H3,(H,24,25)(H3,20,21,22,23). The van der Waals surface area contributed by atoms with Crippen molar-refractivity contribution >= 4 is 35.0 Å². The maximum atomic E-state index is 11.4. The number of aromatic nitrogens is 2. The fourth-order valence-corrected chi connectivity index (χ4v) is 2.64. The molecule has 0 aliphatic carbocycles. The van der Waals surface area contributed by atoms with E-state index in [4.69, 9.17) is 17.3 Å². The third-order valence-electron chi connectivity index (χ3n) is 3.63. The third kappa shape index (κ3) is 3.54. The summed E-state index contributed by atoms with van der Waals surface area (Å²) in [5.74, 6) is -0.582. The maximum absolute atomic E-state index is 11.4. The minimum absolute atomic E-state index is 0.136. The number of halogens is 1. The summed E-state index contributed by atoms with van der Waals surface area (Å²) < 4.78 is 0. The minimum atomic E-state index is -1.04. The molecule has 7 heteroatoms.